The van der Waals surface area contributed by atoms with Crippen molar-refractivity contribution in [3.05, 3.63) is 0 Å². The van der Waals surface area contributed by atoms with Crippen LogP contribution in [0.4, 0.5) is 26.3 Å². The van der Waals surface area contributed by atoms with E-state index in [1.807, 2.05) is 0 Å². The van der Waals surface area contributed by atoms with E-state index in [2.05, 4.69) is 0 Å². The maximum absolute atomic E-state index is 11.9. The van der Waals surface area contributed by atoms with Crippen LogP contribution in [0.15, 0.2) is 0 Å². The molecule has 0 heterocycles. The Hall–Kier alpha value is 0.303. The first-order chi connectivity index (χ1) is 8.62. The van der Waals surface area contributed by atoms with Gasteiger partial charge in [-0.25, -0.2) is 17.6 Å². The minimum Gasteiger partial charge on any atom is -0.834 e. The molecule has 0 aromatic heterocycles. The molecule has 0 saturated heterocycles. The Morgan fingerprint density at radius 2 is 0.810 bits per heavy atom. The van der Waals surface area contributed by atoms with Gasteiger partial charge < -0.3 is 20.4 Å². The zero-order valence-electron chi connectivity index (χ0n) is 11.2. The molecule has 0 fully saturated rings. The molecular formula is C10H14F6O4Zr. The van der Waals surface area contributed by atoms with Crippen LogP contribution in [0.1, 0.15) is 39.5 Å². The summed E-state index contributed by atoms with van der Waals surface area (Å²) in [6, 6.07) is -9.77. The van der Waals surface area contributed by atoms with Crippen LogP contribution in [-0.2, 0) is 26.2 Å². The van der Waals surface area contributed by atoms with Crippen LogP contribution in [0, 0.1) is 0 Å². The molecule has 0 bridgehead atoms. The number of alkyl halides is 6. The minimum absolute atomic E-state index is 0. The first kappa shape index (κ1) is 26.2. The van der Waals surface area contributed by atoms with Gasteiger partial charge in [-0.1, -0.05) is 26.7 Å². The van der Waals surface area contributed by atoms with E-state index in [-0.39, 0.29) is 39.0 Å². The van der Waals surface area contributed by atoms with Gasteiger partial charge >= 0.3 is 26.2 Å². The Morgan fingerprint density at radius 1 is 0.619 bits per heavy atom. The molecule has 4 nitrogen and oxygen atoms in total. The molecule has 0 radical (unpaired) electrons. The average Bonchev–Trinajstić information content (AvgIpc) is 2.14. The van der Waals surface area contributed by atoms with Gasteiger partial charge in [0.15, 0.2) is 0 Å². The fraction of sp³-hybridized carbons (Fsp3) is 1.00. The van der Waals surface area contributed by atoms with Crippen LogP contribution in [0.25, 0.3) is 0 Å². The Labute approximate surface area is 136 Å². The topological polar surface area (TPSA) is 92.2 Å². The van der Waals surface area contributed by atoms with Crippen molar-refractivity contribution in [1.82, 2.24) is 0 Å². The summed E-state index contributed by atoms with van der Waals surface area (Å²) in [6.45, 7) is 2.67. The number of halogens is 6. The maximum Gasteiger partial charge on any atom is 4.00 e. The molecule has 0 aromatic rings. The first-order valence-corrected chi connectivity index (χ1v) is 5.57. The van der Waals surface area contributed by atoms with E-state index in [0.717, 1.165) is 0 Å². The summed E-state index contributed by atoms with van der Waals surface area (Å²) in [6.07, 6.45) is -2.20. The second-order valence-electron chi connectivity index (χ2n) is 3.98. The van der Waals surface area contributed by atoms with Crippen molar-refractivity contribution >= 4 is 0 Å². The summed E-state index contributed by atoms with van der Waals surface area (Å²) >= 11 is 0. The third-order valence-corrected chi connectivity index (χ3v) is 2.00. The van der Waals surface area contributed by atoms with Crippen LogP contribution in [-0.4, -0.2) is 23.9 Å². The molecule has 0 amide bonds. The molecule has 0 spiro atoms. The van der Waals surface area contributed by atoms with Crippen molar-refractivity contribution in [2.75, 3.05) is 0 Å². The van der Waals surface area contributed by atoms with E-state index < -0.39 is 36.8 Å². The van der Waals surface area contributed by atoms with Crippen LogP contribution in [0.3, 0.4) is 0 Å². The summed E-state index contributed by atoms with van der Waals surface area (Å²) in [5.41, 5.74) is 0. The monoisotopic (exact) mass is 402 g/mol. The Balaban J connectivity index is -0.000000295. The third-order valence-electron chi connectivity index (χ3n) is 2.00. The van der Waals surface area contributed by atoms with E-state index in [1.54, 1.807) is 0 Å². The molecule has 0 rings (SSSR count). The quantitative estimate of drug-likeness (QED) is 0.443. The van der Waals surface area contributed by atoms with Crippen molar-refractivity contribution in [2.24, 2.45) is 0 Å². The van der Waals surface area contributed by atoms with Crippen molar-refractivity contribution in [2.45, 2.75) is 63.5 Å². The van der Waals surface area contributed by atoms with Gasteiger partial charge in [0.1, 0.15) is 0 Å². The molecule has 0 aliphatic heterocycles. The van der Waals surface area contributed by atoms with Gasteiger partial charge in [-0.3, -0.25) is 8.78 Å². The Bertz CT molecular complexity index is 250. The number of hydrogen-bond donors (Lipinski definition) is 0. The predicted molar refractivity (Wildman–Crippen MR) is 47.4 cm³/mol. The fourth-order valence-corrected chi connectivity index (χ4v) is 0.927. The summed E-state index contributed by atoms with van der Waals surface area (Å²) in [4.78, 5) is 0. The molecule has 124 valence electrons. The van der Waals surface area contributed by atoms with Gasteiger partial charge in [0.25, 0.3) is 11.8 Å². The minimum atomic E-state index is -4.89. The Kier molecular flexibility index (Phi) is 11.8. The standard InChI is InChI=1S/2C5H7F3O2.Zr/c2*1-2-3-4(6,7)5(8,9)10;/h2*2-3H2,1H3;/q2*-2;+4. The summed E-state index contributed by atoms with van der Waals surface area (Å²) < 4.78 is 70.7. The molecule has 0 aliphatic rings. The fourth-order valence-electron chi connectivity index (χ4n) is 0.927. The zero-order chi connectivity index (χ0) is 16.8. The van der Waals surface area contributed by atoms with E-state index in [0.29, 0.717) is 0 Å². The summed E-state index contributed by atoms with van der Waals surface area (Å²) in [7, 11) is 0. The summed E-state index contributed by atoms with van der Waals surface area (Å²) in [5.74, 6) is -8.58. The van der Waals surface area contributed by atoms with Crippen molar-refractivity contribution in [1.29, 1.82) is 0 Å². The second-order valence-corrected chi connectivity index (χ2v) is 3.98. The van der Waals surface area contributed by atoms with Gasteiger partial charge in [-0.15, -0.1) is 0 Å². The molecule has 0 atom stereocenters. The molecule has 0 aliphatic carbocycles. The second kappa shape index (κ2) is 9.44. The molecule has 0 unspecified atom stereocenters. The van der Waals surface area contributed by atoms with Crippen LogP contribution < -0.4 is 20.4 Å². The first-order valence-electron chi connectivity index (χ1n) is 5.57. The largest absolute Gasteiger partial charge is 4.00 e. The Morgan fingerprint density at radius 3 is 0.857 bits per heavy atom. The van der Waals surface area contributed by atoms with Crippen molar-refractivity contribution in [3.63, 3.8) is 0 Å². The zero-order valence-corrected chi connectivity index (χ0v) is 13.7. The van der Waals surface area contributed by atoms with Crippen LogP contribution in [0.2, 0.25) is 0 Å². The maximum atomic E-state index is 11.9. The van der Waals surface area contributed by atoms with Crippen molar-refractivity contribution < 1.29 is 73.0 Å². The molecule has 0 saturated carbocycles. The molecular weight excluding hydrogens is 389 g/mol. The molecule has 11 heteroatoms. The average molecular weight is 403 g/mol. The van der Waals surface area contributed by atoms with Gasteiger partial charge in [0, 0.05) is 24.9 Å². The van der Waals surface area contributed by atoms with E-state index in [4.69, 9.17) is 0 Å². The van der Waals surface area contributed by atoms with Crippen LogP contribution in [0.5, 0.6) is 0 Å². The third kappa shape index (κ3) is 9.83. The normalized spacial score (nSPS) is 13.1. The van der Waals surface area contributed by atoms with Gasteiger partial charge in [0.05, 0.1) is 0 Å². The number of hydrogen-bond acceptors (Lipinski definition) is 4. The smallest absolute Gasteiger partial charge is 0.834 e. The van der Waals surface area contributed by atoms with Crippen LogP contribution >= 0.6 is 0 Å². The summed E-state index contributed by atoms with van der Waals surface area (Å²) in [5, 5.41) is 38.2. The molecule has 0 aromatic carbocycles. The van der Waals surface area contributed by atoms with Crippen molar-refractivity contribution in [3.8, 4) is 0 Å². The molecule has 21 heavy (non-hydrogen) atoms. The van der Waals surface area contributed by atoms with Gasteiger partial charge in [-0.2, -0.15) is 0 Å². The van der Waals surface area contributed by atoms with E-state index in [9.17, 15) is 46.8 Å². The number of rotatable bonds is 6. The van der Waals surface area contributed by atoms with Gasteiger partial charge in [0.2, 0.25) is 0 Å². The SMILES string of the molecule is CCCC(F)(F)C([O-])([O-])F.CCCC(F)(F)C([O-])([O-])F.[Zr+4]. The van der Waals surface area contributed by atoms with Gasteiger partial charge in [-0.05, 0) is 0 Å². The van der Waals surface area contributed by atoms with E-state index in [1.165, 1.54) is 13.8 Å². The molecule has 0 N–H and O–H groups in total. The van der Waals surface area contributed by atoms with E-state index >= 15 is 0 Å². The predicted octanol–water partition coefficient (Wildman–Crippen LogP) is -0.471.